The number of carbonyl (C=O) groups excluding carboxylic acids is 2. The van der Waals surface area contributed by atoms with Crippen molar-refractivity contribution >= 4 is 27.6 Å². The molecular formula is C20H32N2O5S. The van der Waals surface area contributed by atoms with E-state index in [1.54, 1.807) is 20.8 Å². The highest BCUT2D eigenvalue weighted by Gasteiger charge is 2.27. The maximum Gasteiger partial charge on any atom is 0.305 e. The number of esters is 1. The summed E-state index contributed by atoms with van der Waals surface area (Å²) in [4.78, 5) is 23.1. The number of carbonyl (C=O) groups is 2. The fourth-order valence-corrected chi connectivity index (χ4v) is 3.20. The summed E-state index contributed by atoms with van der Waals surface area (Å²) in [6.07, 6.45) is 3.41. The summed E-state index contributed by atoms with van der Waals surface area (Å²) in [5.74, 6) is -0.313. The van der Waals surface area contributed by atoms with Gasteiger partial charge in [-0.1, -0.05) is 12.1 Å². The highest BCUT2D eigenvalue weighted by molar-refractivity contribution is 7.90. The average Bonchev–Trinajstić information content (AvgIpc) is 2.61. The van der Waals surface area contributed by atoms with E-state index in [9.17, 15) is 18.0 Å². The summed E-state index contributed by atoms with van der Waals surface area (Å²) in [6, 6.07) is 7.52. The first kappa shape index (κ1) is 24.1. The standard InChI is InChI=1S/C20H32N2O5S/c1-20(2,3)28(25,26)21-15-6-5-9-18(23)22-17-13-11-16(12-14-17)8-7-10-19(24)27-4/h11-14,21H,5-10,15H2,1-4H3,(H,22,23). The zero-order valence-electron chi connectivity index (χ0n) is 17.2. The van der Waals surface area contributed by atoms with Crippen molar-refractivity contribution in [2.24, 2.45) is 0 Å². The Bertz CT molecular complexity index is 737. The number of rotatable bonds is 11. The smallest absolute Gasteiger partial charge is 0.305 e. The number of ether oxygens (including phenoxy) is 1. The van der Waals surface area contributed by atoms with E-state index < -0.39 is 14.8 Å². The topological polar surface area (TPSA) is 102 Å². The largest absolute Gasteiger partial charge is 0.469 e. The second-order valence-corrected chi connectivity index (χ2v) is 10.2. The van der Waals surface area contributed by atoms with Crippen LogP contribution in [0.4, 0.5) is 5.69 Å². The van der Waals surface area contributed by atoms with Gasteiger partial charge >= 0.3 is 5.97 Å². The molecule has 1 aromatic rings. The number of nitrogens with one attached hydrogen (secondary N) is 2. The van der Waals surface area contributed by atoms with Gasteiger partial charge in [0.05, 0.1) is 11.9 Å². The summed E-state index contributed by atoms with van der Waals surface area (Å²) in [5.41, 5.74) is 1.81. The Kier molecular flexibility index (Phi) is 9.61. The lowest BCUT2D eigenvalue weighted by atomic mass is 10.1. The molecule has 0 saturated carbocycles. The van der Waals surface area contributed by atoms with E-state index in [0.717, 1.165) is 24.1 Å². The van der Waals surface area contributed by atoms with Gasteiger partial charge in [-0.15, -0.1) is 0 Å². The molecule has 0 aliphatic carbocycles. The van der Waals surface area contributed by atoms with E-state index in [1.165, 1.54) is 7.11 Å². The van der Waals surface area contributed by atoms with E-state index in [2.05, 4.69) is 14.8 Å². The molecule has 0 unspecified atom stereocenters. The lowest BCUT2D eigenvalue weighted by molar-refractivity contribution is -0.140. The van der Waals surface area contributed by atoms with Gasteiger partial charge in [0.15, 0.2) is 0 Å². The van der Waals surface area contributed by atoms with Crippen LogP contribution in [-0.2, 0) is 30.8 Å². The number of hydrogen-bond donors (Lipinski definition) is 2. The number of hydrogen-bond acceptors (Lipinski definition) is 5. The molecule has 1 amide bonds. The molecule has 0 radical (unpaired) electrons. The van der Waals surface area contributed by atoms with Gasteiger partial charge in [0.1, 0.15) is 0 Å². The van der Waals surface area contributed by atoms with Crippen LogP contribution in [-0.4, -0.2) is 38.7 Å². The second-order valence-electron chi connectivity index (χ2n) is 7.64. The Labute approximate surface area is 168 Å². The van der Waals surface area contributed by atoms with Crippen molar-refractivity contribution in [1.82, 2.24) is 4.72 Å². The minimum absolute atomic E-state index is 0.0999. The first-order valence-corrected chi connectivity index (χ1v) is 11.0. The van der Waals surface area contributed by atoms with Crippen molar-refractivity contribution in [3.63, 3.8) is 0 Å². The van der Waals surface area contributed by atoms with Gasteiger partial charge in [-0.3, -0.25) is 9.59 Å². The first-order valence-electron chi connectivity index (χ1n) is 9.50. The molecule has 0 aromatic heterocycles. The fourth-order valence-electron chi connectivity index (χ4n) is 2.35. The predicted molar refractivity (Wildman–Crippen MR) is 111 cm³/mol. The van der Waals surface area contributed by atoms with Crippen LogP contribution in [0.3, 0.4) is 0 Å². The Balaban J connectivity index is 2.27. The number of amides is 1. The fraction of sp³-hybridized carbons (Fsp3) is 0.600. The normalized spacial score (nSPS) is 11.9. The van der Waals surface area contributed by atoms with Crippen molar-refractivity contribution in [1.29, 1.82) is 0 Å². The lowest BCUT2D eigenvalue weighted by Crippen LogP contribution is -2.39. The third-order valence-corrected chi connectivity index (χ3v) is 6.44. The minimum Gasteiger partial charge on any atom is -0.469 e. The molecule has 0 fully saturated rings. The average molecular weight is 413 g/mol. The predicted octanol–water partition coefficient (Wildman–Crippen LogP) is 3.01. The van der Waals surface area contributed by atoms with Crippen LogP contribution >= 0.6 is 0 Å². The van der Waals surface area contributed by atoms with Gasteiger partial charge in [-0.25, -0.2) is 13.1 Å². The molecule has 8 heteroatoms. The maximum atomic E-state index is 12.0. The van der Waals surface area contributed by atoms with Gasteiger partial charge in [-0.05, 0) is 64.2 Å². The molecule has 158 valence electrons. The van der Waals surface area contributed by atoms with Crippen LogP contribution in [0.2, 0.25) is 0 Å². The van der Waals surface area contributed by atoms with Crippen molar-refractivity contribution in [2.75, 3.05) is 19.0 Å². The highest BCUT2D eigenvalue weighted by atomic mass is 32.2. The third-order valence-electron chi connectivity index (χ3n) is 4.24. The van der Waals surface area contributed by atoms with Gasteiger partial charge in [0, 0.05) is 25.1 Å². The Morgan fingerprint density at radius 3 is 2.21 bits per heavy atom. The molecule has 1 rings (SSSR count). The molecular weight excluding hydrogens is 380 g/mol. The van der Waals surface area contributed by atoms with Gasteiger partial charge in [-0.2, -0.15) is 0 Å². The summed E-state index contributed by atoms with van der Waals surface area (Å²) < 4.78 is 30.2. The van der Waals surface area contributed by atoms with Gasteiger partial charge in [0.25, 0.3) is 0 Å². The van der Waals surface area contributed by atoms with Crippen LogP contribution < -0.4 is 10.0 Å². The van der Waals surface area contributed by atoms with Crippen molar-refractivity contribution < 1.29 is 22.7 Å². The molecule has 2 N–H and O–H groups in total. The molecule has 0 atom stereocenters. The lowest BCUT2D eigenvalue weighted by Gasteiger charge is -2.19. The number of anilines is 1. The zero-order chi connectivity index (χ0) is 21.2. The summed E-state index contributed by atoms with van der Waals surface area (Å²) in [7, 11) is -1.96. The number of sulfonamides is 1. The molecule has 0 heterocycles. The van der Waals surface area contributed by atoms with E-state index >= 15 is 0 Å². The number of methoxy groups -OCH3 is 1. The van der Waals surface area contributed by atoms with E-state index in [0.29, 0.717) is 32.2 Å². The van der Waals surface area contributed by atoms with E-state index in [4.69, 9.17) is 0 Å². The zero-order valence-corrected chi connectivity index (χ0v) is 18.0. The van der Waals surface area contributed by atoms with Crippen LogP contribution in [0.25, 0.3) is 0 Å². The number of benzene rings is 1. The summed E-state index contributed by atoms with van der Waals surface area (Å²) >= 11 is 0. The minimum atomic E-state index is -3.34. The van der Waals surface area contributed by atoms with Crippen LogP contribution in [0, 0.1) is 0 Å². The van der Waals surface area contributed by atoms with Crippen LogP contribution in [0.5, 0.6) is 0 Å². The van der Waals surface area contributed by atoms with E-state index in [1.807, 2.05) is 24.3 Å². The molecule has 28 heavy (non-hydrogen) atoms. The second kappa shape index (κ2) is 11.2. The molecule has 0 bridgehead atoms. The number of aryl methyl sites for hydroxylation is 1. The van der Waals surface area contributed by atoms with E-state index in [-0.39, 0.29) is 11.9 Å². The van der Waals surface area contributed by atoms with Crippen molar-refractivity contribution in [2.45, 2.75) is 64.0 Å². The highest BCUT2D eigenvalue weighted by Crippen LogP contribution is 2.14. The maximum absolute atomic E-state index is 12.0. The van der Waals surface area contributed by atoms with Gasteiger partial charge in [0.2, 0.25) is 15.9 Å². The molecule has 7 nitrogen and oxygen atoms in total. The Morgan fingerprint density at radius 1 is 1.00 bits per heavy atom. The summed E-state index contributed by atoms with van der Waals surface area (Å²) in [5, 5.41) is 2.83. The Morgan fingerprint density at radius 2 is 1.64 bits per heavy atom. The van der Waals surface area contributed by atoms with Crippen LogP contribution in [0.1, 0.15) is 58.4 Å². The van der Waals surface area contributed by atoms with Crippen molar-refractivity contribution in [3.8, 4) is 0 Å². The first-order chi connectivity index (χ1) is 13.0. The number of unbranched alkanes of at least 4 members (excludes halogenated alkanes) is 1. The quantitative estimate of drug-likeness (QED) is 0.430. The molecule has 0 spiro atoms. The van der Waals surface area contributed by atoms with Gasteiger partial charge < -0.3 is 10.1 Å². The molecule has 1 aromatic carbocycles. The van der Waals surface area contributed by atoms with Crippen LogP contribution in [0.15, 0.2) is 24.3 Å². The SMILES string of the molecule is COC(=O)CCCc1ccc(NC(=O)CCCCNS(=O)(=O)C(C)(C)C)cc1. The Hall–Kier alpha value is -1.93. The molecule has 0 aliphatic heterocycles. The monoisotopic (exact) mass is 412 g/mol. The van der Waals surface area contributed by atoms with Crippen molar-refractivity contribution in [3.05, 3.63) is 29.8 Å². The molecule has 0 saturated heterocycles. The molecule has 0 aliphatic rings. The third kappa shape index (κ3) is 8.84. The summed E-state index contributed by atoms with van der Waals surface area (Å²) in [6.45, 7) is 5.26.